The van der Waals surface area contributed by atoms with Crippen molar-refractivity contribution in [1.29, 1.82) is 0 Å². The molecule has 4 heteroatoms. The van der Waals surface area contributed by atoms with Crippen LogP contribution in [-0.4, -0.2) is 13.2 Å². The lowest BCUT2D eigenvalue weighted by atomic mass is 9.98. The maximum Gasteiger partial charge on any atom is 0.161 e. The van der Waals surface area contributed by atoms with E-state index in [1.807, 2.05) is 43.3 Å². The largest absolute Gasteiger partial charge is 0.490 e. The maximum absolute atomic E-state index is 6.35. The summed E-state index contributed by atoms with van der Waals surface area (Å²) in [6.45, 7) is 3.33. The Morgan fingerprint density at radius 1 is 1.00 bits per heavy atom. The predicted octanol–water partition coefficient (Wildman–Crippen LogP) is 3.86. The molecule has 2 aromatic carbocycles. The van der Waals surface area contributed by atoms with Crippen molar-refractivity contribution in [2.75, 3.05) is 13.2 Å². The molecular weight excluding hydrogens is 286 g/mol. The lowest BCUT2D eigenvalue weighted by Crippen LogP contribution is -2.12. The van der Waals surface area contributed by atoms with Crippen LogP contribution in [0.4, 0.5) is 0 Å². The number of hydrogen-bond donors (Lipinski definition) is 1. The van der Waals surface area contributed by atoms with E-state index in [4.69, 9.17) is 26.8 Å². The van der Waals surface area contributed by atoms with Gasteiger partial charge in [0.05, 0.1) is 19.3 Å². The van der Waals surface area contributed by atoms with Gasteiger partial charge in [-0.1, -0.05) is 29.8 Å². The van der Waals surface area contributed by atoms with Crippen molar-refractivity contribution < 1.29 is 9.47 Å². The van der Waals surface area contributed by atoms with Gasteiger partial charge in [-0.05, 0) is 41.8 Å². The molecule has 3 nitrogen and oxygen atoms in total. The molecule has 2 aromatic rings. The Bertz CT molecular complexity index is 657. The molecule has 110 valence electrons. The first-order chi connectivity index (χ1) is 10.1. The molecule has 0 aliphatic carbocycles. The van der Waals surface area contributed by atoms with Gasteiger partial charge in [-0.2, -0.15) is 0 Å². The van der Waals surface area contributed by atoms with Crippen molar-refractivity contribution in [3.05, 3.63) is 58.1 Å². The summed E-state index contributed by atoms with van der Waals surface area (Å²) in [5, 5.41) is 0.734. The molecule has 1 aliphatic rings. The summed E-state index contributed by atoms with van der Waals surface area (Å²) in [7, 11) is 0. The van der Waals surface area contributed by atoms with E-state index >= 15 is 0 Å². The van der Waals surface area contributed by atoms with Gasteiger partial charge < -0.3 is 15.2 Å². The van der Waals surface area contributed by atoms with Gasteiger partial charge >= 0.3 is 0 Å². The number of rotatable bonds is 2. The third-order valence-corrected chi connectivity index (χ3v) is 4.09. The van der Waals surface area contributed by atoms with Crippen LogP contribution in [0.3, 0.4) is 0 Å². The first-order valence-corrected chi connectivity index (χ1v) is 7.44. The highest BCUT2D eigenvalue weighted by atomic mass is 35.5. The monoisotopic (exact) mass is 303 g/mol. The van der Waals surface area contributed by atoms with Crippen LogP contribution in [0.1, 0.15) is 29.2 Å². The first kappa shape index (κ1) is 14.2. The topological polar surface area (TPSA) is 44.5 Å². The van der Waals surface area contributed by atoms with Crippen molar-refractivity contribution in [3.8, 4) is 11.5 Å². The fraction of sp³-hybridized carbons (Fsp3) is 0.294. The molecule has 0 aromatic heterocycles. The number of halogens is 1. The summed E-state index contributed by atoms with van der Waals surface area (Å²) in [6, 6.07) is 11.5. The normalized spacial score (nSPS) is 15.4. The number of hydrogen-bond acceptors (Lipinski definition) is 3. The summed E-state index contributed by atoms with van der Waals surface area (Å²) in [6.07, 6.45) is 0.892. The first-order valence-electron chi connectivity index (χ1n) is 7.06. The molecular formula is C17H18ClNO2. The highest BCUT2D eigenvalue weighted by Crippen LogP contribution is 2.33. The Labute approximate surface area is 129 Å². The van der Waals surface area contributed by atoms with Crippen LogP contribution in [-0.2, 0) is 0 Å². The van der Waals surface area contributed by atoms with E-state index in [-0.39, 0.29) is 6.04 Å². The molecule has 0 fully saturated rings. The second-order valence-electron chi connectivity index (χ2n) is 5.24. The summed E-state index contributed by atoms with van der Waals surface area (Å²) < 4.78 is 11.3. The molecule has 0 saturated heterocycles. The zero-order valence-electron chi connectivity index (χ0n) is 11.9. The minimum absolute atomic E-state index is 0.236. The van der Waals surface area contributed by atoms with Crippen LogP contribution in [0, 0.1) is 6.92 Å². The molecule has 1 aliphatic heterocycles. The summed E-state index contributed by atoms with van der Waals surface area (Å²) in [5.74, 6) is 1.55. The van der Waals surface area contributed by atoms with Gasteiger partial charge in [-0.3, -0.25) is 0 Å². The van der Waals surface area contributed by atoms with Crippen LogP contribution >= 0.6 is 11.6 Å². The SMILES string of the molecule is Cc1ccc(C(N)c2ccc3c(c2)OCCCO3)cc1Cl. The Hall–Kier alpha value is -1.71. The van der Waals surface area contributed by atoms with E-state index in [0.29, 0.717) is 13.2 Å². The van der Waals surface area contributed by atoms with Crippen LogP contribution in [0.5, 0.6) is 11.5 Å². The van der Waals surface area contributed by atoms with Gasteiger partial charge in [0.15, 0.2) is 11.5 Å². The van der Waals surface area contributed by atoms with E-state index in [0.717, 1.165) is 39.6 Å². The van der Waals surface area contributed by atoms with E-state index in [2.05, 4.69) is 0 Å². The second-order valence-corrected chi connectivity index (χ2v) is 5.65. The van der Waals surface area contributed by atoms with Gasteiger partial charge in [0.1, 0.15) is 0 Å². The minimum Gasteiger partial charge on any atom is -0.490 e. The number of benzene rings is 2. The van der Waals surface area contributed by atoms with Crippen molar-refractivity contribution in [3.63, 3.8) is 0 Å². The molecule has 21 heavy (non-hydrogen) atoms. The van der Waals surface area contributed by atoms with E-state index in [9.17, 15) is 0 Å². The second kappa shape index (κ2) is 5.96. The Morgan fingerprint density at radius 2 is 1.67 bits per heavy atom. The van der Waals surface area contributed by atoms with Gasteiger partial charge in [0, 0.05) is 11.4 Å². The summed E-state index contributed by atoms with van der Waals surface area (Å²) in [4.78, 5) is 0. The number of nitrogens with two attached hydrogens (primary N) is 1. The summed E-state index contributed by atoms with van der Waals surface area (Å²) in [5.41, 5.74) is 9.37. The highest BCUT2D eigenvalue weighted by Gasteiger charge is 2.15. The van der Waals surface area contributed by atoms with Crippen LogP contribution in [0.25, 0.3) is 0 Å². The van der Waals surface area contributed by atoms with Gasteiger partial charge in [-0.15, -0.1) is 0 Å². The minimum atomic E-state index is -0.236. The molecule has 3 rings (SSSR count). The summed E-state index contributed by atoms with van der Waals surface area (Å²) >= 11 is 6.18. The van der Waals surface area contributed by atoms with Gasteiger partial charge in [0.25, 0.3) is 0 Å². The average molecular weight is 304 g/mol. The molecule has 2 N–H and O–H groups in total. The van der Waals surface area contributed by atoms with Crippen molar-refractivity contribution >= 4 is 11.6 Å². The van der Waals surface area contributed by atoms with Crippen LogP contribution in [0.15, 0.2) is 36.4 Å². The quantitative estimate of drug-likeness (QED) is 0.916. The van der Waals surface area contributed by atoms with E-state index < -0.39 is 0 Å². The third kappa shape index (κ3) is 2.99. The highest BCUT2D eigenvalue weighted by molar-refractivity contribution is 6.31. The molecule has 0 saturated carbocycles. The fourth-order valence-electron chi connectivity index (χ4n) is 2.37. The fourth-order valence-corrected chi connectivity index (χ4v) is 2.56. The number of ether oxygens (including phenoxy) is 2. The number of aryl methyl sites for hydroxylation is 1. The Kier molecular flexibility index (Phi) is 4.04. The smallest absolute Gasteiger partial charge is 0.161 e. The van der Waals surface area contributed by atoms with Crippen LogP contribution in [0.2, 0.25) is 5.02 Å². The van der Waals surface area contributed by atoms with E-state index in [1.165, 1.54) is 0 Å². The lowest BCUT2D eigenvalue weighted by Gasteiger charge is -2.16. The van der Waals surface area contributed by atoms with Gasteiger partial charge in [0.2, 0.25) is 0 Å². The Balaban J connectivity index is 1.92. The third-order valence-electron chi connectivity index (χ3n) is 3.69. The van der Waals surface area contributed by atoms with Crippen molar-refractivity contribution in [2.45, 2.75) is 19.4 Å². The molecule has 1 atom stereocenters. The standard InChI is InChI=1S/C17H18ClNO2/c1-11-3-4-12(9-14(11)18)17(19)13-5-6-15-16(10-13)21-8-2-7-20-15/h3-6,9-10,17H,2,7-8,19H2,1H3. The lowest BCUT2D eigenvalue weighted by molar-refractivity contribution is 0.297. The molecule has 1 heterocycles. The molecule has 0 bridgehead atoms. The molecule has 0 radical (unpaired) electrons. The van der Waals surface area contributed by atoms with Crippen LogP contribution < -0.4 is 15.2 Å². The zero-order chi connectivity index (χ0) is 14.8. The molecule has 0 amide bonds. The van der Waals surface area contributed by atoms with Gasteiger partial charge in [-0.25, -0.2) is 0 Å². The maximum atomic E-state index is 6.35. The average Bonchev–Trinajstić information content (AvgIpc) is 2.73. The predicted molar refractivity (Wildman–Crippen MR) is 84.3 cm³/mol. The van der Waals surface area contributed by atoms with Crippen molar-refractivity contribution in [1.82, 2.24) is 0 Å². The molecule has 0 spiro atoms. The molecule has 1 unspecified atom stereocenters. The number of fused-ring (bicyclic) bond motifs is 1. The zero-order valence-corrected chi connectivity index (χ0v) is 12.7. The van der Waals surface area contributed by atoms with E-state index in [1.54, 1.807) is 0 Å². The Morgan fingerprint density at radius 3 is 2.43 bits per heavy atom. The van der Waals surface area contributed by atoms with Crippen molar-refractivity contribution in [2.24, 2.45) is 5.73 Å².